The summed E-state index contributed by atoms with van der Waals surface area (Å²) in [5, 5.41) is 2.30. The second-order valence-corrected chi connectivity index (χ2v) is 5.90. The largest absolute Gasteiger partial charge is 0.466 e. The Labute approximate surface area is 156 Å². The molecule has 0 atom stereocenters. The number of carbonyl (C=O) groups is 3. The monoisotopic (exact) mass is 405 g/mol. The van der Waals surface area contributed by atoms with Crippen molar-refractivity contribution in [3.05, 3.63) is 45.9 Å². The molecule has 5 nitrogen and oxygen atoms in total. The normalized spacial score (nSPS) is 13.6. The topological polar surface area (TPSA) is 72.5 Å². The van der Waals surface area contributed by atoms with Crippen molar-refractivity contribution in [2.45, 2.75) is 32.6 Å². The van der Waals surface area contributed by atoms with Gasteiger partial charge in [-0.25, -0.2) is 22.0 Å². The van der Waals surface area contributed by atoms with Crippen molar-refractivity contribution in [1.82, 2.24) is 5.32 Å². The molecule has 1 aromatic carbocycles. The highest BCUT2D eigenvalue weighted by Gasteiger charge is 2.40. The molecule has 0 radical (unpaired) electrons. The summed E-state index contributed by atoms with van der Waals surface area (Å²) in [6, 6.07) is 0. The molecule has 0 aromatic heterocycles. The van der Waals surface area contributed by atoms with E-state index in [2.05, 4.69) is 5.32 Å². The third-order valence-corrected chi connectivity index (χ3v) is 4.03. The van der Waals surface area contributed by atoms with Crippen molar-refractivity contribution in [2.24, 2.45) is 0 Å². The molecule has 1 N–H and O–H groups in total. The fraction of sp³-hybridized carbons (Fsp3) is 0.389. The van der Waals surface area contributed by atoms with Crippen molar-refractivity contribution in [3.63, 3.8) is 0 Å². The van der Waals surface area contributed by atoms with Crippen molar-refractivity contribution in [2.75, 3.05) is 13.2 Å². The molecular weight excluding hydrogens is 389 g/mol. The van der Waals surface area contributed by atoms with Crippen LogP contribution in [0.4, 0.5) is 22.0 Å². The van der Waals surface area contributed by atoms with Crippen LogP contribution in [0.3, 0.4) is 0 Å². The van der Waals surface area contributed by atoms with Crippen LogP contribution in [-0.4, -0.2) is 30.7 Å². The minimum Gasteiger partial charge on any atom is -0.466 e. The SMILES string of the molecule is CCOC(=O)CCCCCNC1=C(F)C(=O)c2c(F)c(F)c(F)c(F)c2C1=O. The molecule has 28 heavy (non-hydrogen) atoms. The number of fused-ring (bicyclic) bond motifs is 1. The summed E-state index contributed by atoms with van der Waals surface area (Å²) in [5.41, 5.74) is -3.78. The number of nitrogens with one attached hydrogen (secondary N) is 1. The van der Waals surface area contributed by atoms with E-state index in [4.69, 9.17) is 4.74 Å². The minimum atomic E-state index is -2.30. The summed E-state index contributed by atoms with van der Waals surface area (Å²) in [6.45, 7) is 1.89. The number of hydrogen-bond donors (Lipinski definition) is 1. The van der Waals surface area contributed by atoms with E-state index < -0.39 is 57.5 Å². The molecule has 0 heterocycles. The predicted octanol–water partition coefficient (Wildman–Crippen LogP) is 3.52. The summed E-state index contributed by atoms with van der Waals surface area (Å²) in [6.07, 6.45) is 1.47. The Bertz CT molecular complexity index is 866. The van der Waals surface area contributed by atoms with Gasteiger partial charge in [-0.3, -0.25) is 14.4 Å². The summed E-state index contributed by atoms with van der Waals surface area (Å²) in [4.78, 5) is 35.3. The fourth-order valence-corrected chi connectivity index (χ4v) is 2.68. The lowest BCUT2D eigenvalue weighted by Gasteiger charge is -2.19. The highest BCUT2D eigenvalue weighted by Crippen LogP contribution is 2.32. The van der Waals surface area contributed by atoms with Crippen molar-refractivity contribution >= 4 is 17.5 Å². The molecule has 0 spiro atoms. The summed E-state index contributed by atoms with van der Waals surface area (Å²) in [7, 11) is 0. The fourth-order valence-electron chi connectivity index (χ4n) is 2.68. The smallest absolute Gasteiger partial charge is 0.305 e. The van der Waals surface area contributed by atoms with Crippen LogP contribution >= 0.6 is 0 Å². The first kappa shape index (κ1) is 21.5. The standard InChI is InChI=1S/C18H16F5NO4/c1-2-28-8(25)6-4-3-5-7-24-16-15(23)17(26)9-10(18(16)27)12(20)14(22)13(21)11(9)19/h24H,2-7H2,1H3. The van der Waals surface area contributed by atoms with Crippen LogP contribution in [-0.2, 0) is 9.53 Å². The van der Waals surface area contributed by atoms with Crippen LogP contribution in [0.5, 0.6) is 0 Å². The summed E-state index contributed by atoms with van der Waals surface area (Å²) in [5.74, 6) is -14.1. The third-order valence-electron chi connectivity index (χ3n) is 4.03. The Morgan fingerprint density at radius 3 is 2.00 bits per heavy atom. The average molecular weight is 405 g/mol. The Hall–Kier alpha value is -2.78. The van der Waals surface area contributed by atoms with E-state index in [0.29, 0.717) is 19.3 Å². The molecule has 0 saturated carbocycles. The quantitative estimate of drug-likeness (QED) is 0.236. The summed E-state index contributed by atoms with van der Waals surface area (Å²) < 4.78 is 73.2. The van der Waals surface area contributed by atoms with E-state index in [-0.39, 0.29) is 25.5 Å². The Morgan fingerprint density at radius 2 is 1.43 bits per heavy atom. The Balaban J connectivity index is 2.08. The zero-order valence-corrected chi connectivity index (χ0v) is 14.8. The number of rotatable bonds is 8. The predicted molar refractivity (Wildman–Crippen MR) is 86.2 cm³/mol. The molecule has 0 bridgehead atoms. The molecule has 1 aliphatic rings. The van der Waals surface area contributed by atoms with Gasteiger partial charge in [-0.15, -0.1) is 0 Å². The van der Waals surface area contributed by atoms with E-state index in [1.54, 1.807) is 6.92 Å². The Morgan fingerprint density at radius 1 is 0.857 bits per heavy atom. The van der Waals surface area contributed by atoms with Crippen molar-refractivity contribution in [3.8, 4) is 0 Å². The molecule has 1 aliphatic carbocycles. The minimum absolute atomic E-state index is 0.0340. The van der Waals surface area contributed by atoms with E-state index in [1.807, 2.05) is 0 Å². The van der Waals surface area contributed by atoms with Gasteiger partial charge < -0.3 is 10.1 Å². The Kier molecular flexibility index (Phi) is 6.87. The molecule has 0 saturated heterocycles. The van der Waals surface area contributed by atoms with E-state index in [0.717, 1.165) is 0 Å². The molecule has 0 fully saturated rings. The van der Waals surface area contributed by atoms with Gasteiger partial charge in [0.2, 0.25) is 11.6 Å². The number of esters is 1. The number of benzene rings is 1. The first-order valence-electron chi connectivity index (χ1n) is 8.46. The van der Waals surface area contributed by atoms with Crippen LogP contribution in [0, 0.1) is 23.3 Å². The first-order chi connectivity index (χ1) is 13.2. The maximum atomic E-state index is 14.2. The maximum absolute atomic E-state index is 14.2. The summed E-state index contributed by atoms with van der Waals surface area (Å²) >= 11 is 0. The molecular formula is C18H16F5NO4. The number of ketones is 2. The number of ether oxygens (including phenoxy) is 1. The molecule has 2 rings (SSSR count). The average Bonchev–Trinajstić information content (AvgIpc) is 2.66. The molecule has 1 aromatic rings. The van der Waals surface area contributed by atoms with Gasteiger partial charge in [0.25, 0.3) is 0 Å². The third kappa shape index (κ3) is 4.05. The van der Waals surface area contributed by atoms with Gasteiger partial charge in [-0.2, -0.15) is 0 Å². The number of hydrogen-bond acceptors (Lipinski definition) is 5. The lowest BCUT2D eigenvalue weighted by atomic mass is 9.90. The number of carbonyl (C=O) groups excluding carboxylic acids is 3. The van der Waals surface area contributed by atoms with E-state index in [9.17, 15) is 36.3 Å². The molecule has 0 amide bonds. The van der Waals surface area contributed by atoms with Crippen LogP contribution < -0.4 is 5.32 Å². The molecule has 10 heteroatoms. The number of allylic oxidation sites excluding steroid dienone is 2. The first-order valence-corrected chi connectivity index (χ1v) is 8.46. The van der Waals surface area contributed by atoms with Gasteiger partial charge in [-0.1, -0.05) is 6.42 Å². The lowest BCUT2D eigenvalue weighted by molar-refractivity contribution is -0.143. The van der Waals surface area contributed by atoms with Crippen molar-refractivity contribution in [1.29, 1.82) is 0 Å². The number of unbranched alkanes of at least 4 members (excludes halogenated alkanes) is 2. The van der Waals surface area contributed by atoms with Crippen LogP contribution in [0.25, 0.3) is 0 Å². The molecule has 152 valence electrons. The lowest BCUT2D eigenvalue weighted by Crippen LogP contribution is -2.32. The zero-order chi connectivity index (χ0) is 21.0. The van der Waals surface area contributed by atoms with Gasteiger partial charge in [0.05, 0.1) is 17.7 Å². The highest BCUT2D eigenvalue weighted by atomic mass is 19.2. The second kappa shape index (κ2) is 8.94. The van der Waals surface area contributed by atoms with Gasteiger partial charge in [0.1, 0.15) is 5.70 Å². The van der Waals surface area contributed by atoms with Gasteiger partial charge in [-0.05, 0) is 19.8 Å². The molecule has 0 unspecified atom stereocenters. The maximum Gasteiger partial charge on any atom is 0.305 e. The zero-order valence-electron chi connectivity index (χ0n) is 14.8. The van der Waals surface area contributed by atoms with Crippen molar-refractivity contribution < 1.29 is 41.1 Å². The highest BCUT2D eigenvalue weighted by molar-refractivity contribution is 6.26. The van der Waals surface area contributed by atoms with Gasteiger partial charge in [0, 0.05) is 13.0 Å². The van der Waals surface area contributed by atoms with E-state index >= 15 is 0 Å². The number of halogens is 5. The van der Waals surface area contributed by atoms with Gasteiger partial charge >= 0.3 is 5.97 Å². The van der Waals surface area contributed by atoms with Crippen LogP contribution in [0.15, 0.2) is 11.5 Å². The van der Waals surface area contributed by atoms with Crippen LogP contribution in [0.1, 0.15) is 53.3 Å². The number of Topliss-reactive ketones (excluding diaryl/α,β-unsaturated/α-hetero) is 2. The molecule has 0 aliphatic heterocycles. The van der Waals surface area contributed by atoms with Gasteiger partial charge in [0.15, 0.2) is 29.1 Å². The van der Waals surface area contributed by atoms with Crippen LogP contribution in [0.2, 0.25) is 0 Å². The second-order valence-electron chi connectivity index (χ2n) is 5.90. The van der Waals surface area contributed by atoms with E-state index in [1.165, 1.54) is 0 Å².